The second-order valence-electron chi connectivity index (χ2n) is 8.42. The summed E-state index contributed by atoms with van der Waals surface area (Å²) in [5, 5.41) is 3.20. The van der Waals surface area contributed by atoms with Gasteiger partial charge in [0.1, 0.15) is 5.60 Å². The number of fused-ring (bicyclic) bond motifs is 3. The lowest BCUT2D eigenvalue weighted by Crippen LogP contribution is -2.62. The van der Waals surface area contributed by atoms with E-state index in [0.29, 0.717) is 0 Å². The van der Waals surface area contributed by atoms with Crippen LogP contribution in [0.3, 0.4) is 0 Å². The summed E-state index contributed by atoms with van der Waals surface area (Å²) in [5.74, 6) is 0.815. The minimum Gasteiger partial charge on any atom is -0.444 e. The Bertz CT molecular complexity index is 571. The molecule has 24 heavy (non-hydrogen) atoms. The number of nitrogens with zero attached hydrogens (tertiary/aromatic N) is 1. The predicted molar refractivity (Wildman–Crippen MR) is 95.9 cm³/mol. The molecule has 1 amide bonds. The summed E-state index contributed by atoms with van der Waals surface area (Å²) < 4.78 is 5.55. The van der Waals surface area contributed by atoms with Gasteiger partial charge in [-0.05, 0) is 65.0 Å². The van der Waals surface area contributed by atoms with Gasteiger partial charge in [-0.3, -0.25) is 4.90 Å². The van der Waals surface area contributed by atoms with Gasteiger partial charge >= 0.3 is 6.09 Å². The van der Waals surface area contributed by atoms with Crippen molar-refractivity contribution >= 4 is 6.09 Å². The Labute approximate surface area is 145 Å². The van der Waals surface area contributed by atoms with Crippen molar-refractivity contribution in [3.05, 3.63) is 35.9 Å². The number of piperidine rings is 2. The monoisotopic (exact) mass is 330 g/mol. The molecule has 4 heteroatoms. The van der Waals surface area contributed by atoms with Crippen LogP contribution in [-0.4, -0.2) is 35.7 Å². The third-order valence-electron chi connectivity index (χ3n) is 5.59. The molecule has 1 atom stereocenters. The Morgan fingerprint density at radius 2 is 1.88 bits per heavy atom. The van der Waals surface area contributed by atoms with E-state index in [2.05, 4.69) is 29.4 Å². The molecule has 132 valence electrons. The lowest BCUT2D eigenvalue weighted by atomic mass is 9.66. The molecule has 2 bridgehead atoms. The Kier molecular flexibility index (Phi) is 4.60. The highest BCUT2D eigenvalue weighted by Gasteiger charge is 2.50. The first-order chi connectivity index (χ1) is 11.3. The van der Waals surface area contributed by atoms with Crippen molar-refractivity contribution in [2.24, 2.45) is 5.92 Å². The van der Waals surface area contributed by atoms with Gasteiger partial charge in [-0.2, -0.15) is 0 Å². The number of carbonyl (C=O) groups is 1. The first-order valence-corrected chi connectivity index (χ1v) is 9.06. The summed E-state index contributed by atoms with van der Waals surface area (Å²) in [6, 6.07) is 10.3. The third-order valence-corrected chi connectivity index (χ3v) is 5.59. The van der Waals surface area contributed by atoms with Crippen molar-refractivity contribution in [1.29, 1.82) is 0 Å². The number of hydrogen-bond donors (Lipinski definition) is 1. The van der Waals surface area contributed by atoms with Crippen molar-refractivity contribution < 1.29 is 9.53 Å². The highest BCUT2D eigenvalue weighted by atomic mass is 16.6. The number of nitrogens with one attached hydrogen (secondary N) is 1. The number of rotatable bonds is 3. The number of ether oxygens (including phenoxy) is 1. The molecule has 2 saturated heterocycles. The van der Waals surface area contributed by atoms with Crippen molar-refractivity contribution in [3.8, 4) is 0 Å². The third kappa shape index (κ3) is 3.44. The highest BCUT2D eigenvalue weighted by molar-refractivity contribution is 5.68. The standard InChI is InChI=1S/C20H30N2O2/c1-19(2,3)24-18(23)21-17(16-8-6-5-7-9-16)20-12-10-15(11-13-20)14-22(20)4/h5-9,15,17H,10-14H2,1-4H3,(H,21,23). The van der Waals surface area contributed by atoms with E-state index < -0.39 is 5.60 Å². The van der Waals surface area contributed by atoms with Crippen molar-refractivity contribution in [2.45, 2.75) is 63.6 Å². The largest absolute Gasteiger partial charge is 0.444 e. The number of benzene rings is 1. The zero-order chi connectivity index (χ0) is 17.4. The van der Waals surface area contributed by atoms with Crippen LogP contribution in [0.4, 0.5) is 4.79 Å². The summed E-state index contributed by atoms with van der Waals surface area (Å²) in [5.41, 5.74) is 0.669. The van der Waals surface area contributed by atoms with Crippen LogP contribution in [0.5, 0.6) is 0 Å². The molecule has 1 unspecified atom stereocenters. The second kappa shape index (κ2) is 6.40. The molecule has 0 aromatic heterocycles. The number of carbonyl (C=O) groups excluding carboxylic acids is 1. The van der Waals surface area contributed by atoms with Gasteiger partial charge < -0.3 is 10.1 Å². The van der Waals surface area contributed by atoms with E-state index in [0.717, 1.165) is 30.9 Å². The van der Waals surface area contributed by atoms with Gasteiger partial charge in [0.05, 0.1) is 6.04 Å². The Hall–Kier alpha value is -1.55. The number of amides is 1. The molecule has 0 radical (unpaired) electrons. The molecule has 1 N–H and O–H groups in total. The van der Waals surface area contributed by atoms with Crippen molar-refractivity contribution in [1.82, 2.24) is 10.2 Å². The molecule has 1 aliphatic carbocycles. The van der Waals surface area contributed by atoms with Gasteiger partial charge in [-0.25, -0.2) is 4.79 Å². The number of alkyl carbamates (subject to hydrolysis) is 1. The fraction of sp³-hybridized carbons (Fsp3) is 0.650. The summed E-state index contributed by atoms with van der Waals surface area (Å²) >= 11 is 0. The van der Waals surface area contributed by atoms with E-state index in [9.17, 15) is 4.79 Å². The Morgan fingerprint density at radius 1 is 1.25 bits per heavy atom. The number of likely N-dealkylation sites (N-methyl/N-ethyl adjacent to an activating group) is 1. The van der Waals surface area contributed by atoms with E-state index >= 15 is 0 Å². The molecule has 4 rings (SSSR count). The van der Waals surface area contributed by atoms with E-state index in [1.165, 1.54) is 12.8 Å². The van der Waals surface area contributed by atoms with Gasteiger partial charge in [-0.15, -0.1) is 0 Å². The number of hydrogen-bond acceptors (Lipinski definition) is 3. The van der Waals surface area contributed by atoms with Crippen LogP contribution >= 0.6 is 0 Å². The molecule has 2 heterocycles. The van der Waals surface area contributed by atoms with Gasteiger partial charge in [0.2, 0.25) is 0 Å². The van der Waals surface area contributed by atoms with Gasteiger partial charge in [0, 0.05) is 12.1 Å². The van der Waals surface area contributed by atoms with Gasteiger partial charge in [0.25, 0.3) is 0 Å². The Balaban J connectivity index is 1.89. The summed E-state index contributed by atoms with van der Waals surface area (Å²) in [6.45, 7) is 6.83. The fourth-order valence-corrected chi connectivity index (χ4v) is 4.42. The maximum atomic E-state index is 12.5. The topological polar surface area (TPSA) is 41.6 Å². The molecular weight excluding hydrogens is 300 g/mol. The molecule has 2 aliphatic heterocycles. The highest BCUT2D eigenvalue weighted by Crippen LogP contribution is 2.48. The van der Waals surface area contributed by atoms with Gasteiger partial charge in [-0.1, -0.05) is 30.3 Å². The minimum atomic E-state index is -0.487. The van der Waals surface area contributed by atoms with E-state index in [-0.39, 0.29) is 17.7 Å². The Morgan fingerprint density at radius 3 is 2.42 bits per heavy atom. The van der Waals surface area contributed by atoms with Crippen molar-refractivity contribution in [3.63, 3.8) is 0 Å². The van der Waals surface area contributed by atoms with Crippen LogP contribution in [0.25, 0.3) is 0 Å². The molecule has 0 spiro atoms. The van der Waals surface area contributed by atoms with Crippen LogP contribution in [0.1, 0.15) is 58.1 Å². The first-order valence-electron chi connectivity index (χ1n) is 9.06. The summed E-state index contributed by atoms with van der Waals surface area (Å²) in [7, 11) is 2.21. The molecular formula is C20H30N2O2. The van der Waals surface area contributed by atoms with Crippen LogP contribution in [0, 0.1) is 5.92 Å². The van der Waals surface area contributed by atoms with Crippen LogP contribution in [0.15, 0.2) is 30.3 Å². The normalized spacial score (nSPS) is 28.4. The summed E-state index contributed by atoms with van der Waals surface area (Å²) in [4.78, 5) is 15.0. The predicted octanol–water partition coefficient (Wildman–Crippen LogP) is 4.13. The zero-order valence-electron chi connectivity index (χ0n) is 15.3. The molecule has 3 fully saturated rings. The maximum Gasteiger partial charge on any atom is 0.408 e. The first kappa shape index (κ1) is 17.3. The quantitative estimate of drug-likeness (QED) is 0.906. The average molecular weight is 330 g/mol. The lowest BCUT2D eigenvalue weighted by Gasteiger charge is -2.57. The van der Waals surface area contributed by atoms with Crippen LogP contribution < -0.4 is 5.32 Å². The summed E-state index contributed by atoms with van der Waals surface area (Å²) in [6.07, 6.45) is 4.44. The minimum absolute atomic E-state index is 0.00694. The van der Waals surface area contributed by atoms with Crippen LogP contribution in [-0.2, 0) is 4.74 Å². The second-order valence-corrected chi connectivity index (χ2v) is 8.42. The van der Waals surface area contributed by atoms with E-state index in [1.54, 1.807) is 0 Å². The molecule has 1 aromatic rings. The van der Waals surface area contributed by atoms with E-state index in [4.69, 9.17) is 4.74 Å². The van der Waals surface area contributed by atoms with Crippen LogP contribution in [0.2, 0.25) is 0 Å². The van der Waals surface area contributed by atoms with Gasteiger partial charge in [0.15, 0.2) is 0 Å². The fourth-order valence-electron chi connectivity index (χ4n) is 4.42. The van der Waals surface area contributed by atoms with Crippen molar-refractivity contribution in [2.75, 3.05) is 13.6 Å². The average Bonchev–Trinajstić information content (AvgIpc) is 2.53. The van der Waals surface area contributed by atoms with E-state index in [1.807, 2.05) is 39.0 Å². The maximum absolute atomic E-state index is 12.5. The molecule has 1 aromatic carbocycles. The molecule has 1 saturated carbocycles. The molecule has 3 aliphatic rings. The lowest BCUT2D eigenvalue weighted by molar-refractivity contribution is -0.0442. The smallest absolute Gasteiger partial charge is 0.408 e. The SMILES string of the molecule is CN1CC2CCC1(C(NC(=O)OC(C)(C)C)c1ccccc1)CC2. The zero-order valence-corrected chi connectivity index (χ0v) is 15.3. The molecule has 4 nitrogen and oxygen atoms in total.